The molecule has 0 saturated heterocycles. The second-order valence-electron chi connectivity index (χ2n) is 5.29. The zero-order chi connectivity index (χ0) is 10.6. The second kappa shape index (κ2) is 2.71. The van der Waals surface area contributed by atoms with Crippen LogP contribution < -0.4 is 0 Å². The van der Waals surface area contributed by atoms with Crippen LogP contribution in [0.1, 0.15) is 26.7 Å². The number of hydrogen-bond donors (Lipinski definition) is 0. The van der Waals surface area contributed by atoms with Crippen LogP contribution in [0.4, 0.5) is 0 Å². The lowest BCUT2D eigenvalue weighted by Crippen LogP contribution is -2.25. The average molecular weight is 205 g/mol. The molecule has 15 heavy (non-hydrogen) atoms. The highest BCUT2D eigenvalue weighted by Crippen LogP contribution is 2.45. The Bertz CT molecular complexity index is 381. The molecule has 80 valence electrons. The first-order chi connectivity index (χ1) is 7.06. The minimum atomic E-state index is -0.666. The molecular weight excluding hydrogens is 190 g/mol. The molecule has 1 aliphatic heterocycles. The molecule has 0 unspecified atom stereocenters. The van der Waals surface area contributed by atoms with Gasteiger partial charge in [-0.15, -0.1) is 0 Å². The van der Waals surface area contributed by atoms with E-state index in [-0.39, 0.29) is 5.97 Å². The van der Waals surface area contributed by atoms with Gasteiger partial charge in [-0.3, -0.25) is 0 Å². The maximum atomic E-state index is 11.5. The van der Waals surface area contributed by atoms with Crippen molar-refractivity contribution in [2.45, 2.75) is 32.2 Å². The zero-order valence-electron chi connectivity index (χ0n) is 9.06. The first kappa shape index (κ1) is 9.13. The number of aliphatic imine (C=N–C) groups is 1. The molecule has 0 N–H and O–H groups in total. The summed E-state index contributed by atoms with van der Waals surface area (Å²) in [5, 5.41) is 0. The van der Waals surface area contributed by atoms with Crippen molar-refractivity contribution in [1.82, 2.24) is 0 Å². The Kier molecular flexibility index (Phi) is 1.65. The number of hydrogen-bond acceptors (Lipinski definition) is 3. The minimum Gasteiger partial charge on any atom is -0.410 e. The van der Waals surface area contributed by atoms with E-state index < -0.39 is 5.54 Å². The largest absolute Gasteiger partial charge is 0.410 e. The van der Waals surface area contributed by atoms with E-state index in [1.54, 1.807) is 0 Å². The van der Waals surface area contributed by atoms with Gasteiger partial charge < -0.3 is 4.74 Å². The van der Waals surface area contributed by atoms with E-state index in [0.29, 0.717) is 23.7 Å². The van der Waals surface area contributed by atoms with Crippen molar-refractivity contribution in [3.05, 3.63) is 12.2 Å². The van der Waals surface area contributed by atoms with Crippen molar-refractivity contribution in [1.29, 1.82) is 0 Å². The van der Waals surface area contributed by atoms with Gasteiger partial charge in [-0.05, 0) is 38.5 Å². The molecule has 3 heteroatoms. The molecule has 2 bridgehead atoms. The zero-order valence-corrected chi connectivity index (χ0v) is 9.06. The number of nitrogens with zero attached hydrogens (tertiary/aromatic N) is 1. The van der Waals surface area contributed by atoms with Crippen LogP contribution in [0.5, 0.6) is 0 Å². The minimum absolute atomic E-state index is 0.204. The van der Waals surface area contributed by atoms with Gasteiger partial charge in [0, 0.05) is 5.92 Å². The molecule has 0 radical (unpaired) electrons. The average Bonchev–Trinajstić information content (AvgIpc) is 2.81. The van der Waals surface area contributed by atoms with Crippen molar-refractivity contribution >= 4 is 11.9 Å². The fraction of sp³-hybridized carbons (Fsp3) is 0.667. The number of allylic oxidation sites excluding steroid dienone is 2. The molecule has 3 aliphatic rings. The highest BCUT2D eigenvalue weighted by Gasteiger charge is 2.45. The van der Waals surface area contributed by atoms with E-state index >= 15 is 0 Å². The van der Waals surface area contributed by atoms with Gasteiger partial charge in [-0.1, -0.05) is 12.2 Å². The predicted molar refractivity (Wildman–Crippen MR) is 56.5 cm³/mol. The lowest BCUT2D eigenvalue weighted by Gasteiger charge is -2.16. The van der Waals surface area contributed by atoms with Crippen LogP contribution in [0.2, 0.25) is 0 Å². The highest BCUT2D eigenvalue weighted by molar-refractivity contribution is 6.00. The molecule has 0 aromatic heterocycles. The summed E-state index contributed by atoms with van der Waals surface area (Å²) in [6.07, 6.45) is 6.84. The quantitative estimate of drug-likeness (QED) is 0.484. The maximum Gasteiger partial charge on any atom is 0.340 e. The van der Waals surface area contributed by atoms with Crippen LogP contribution in [-0.4, -0.2) is 17.4 Å². The van der Waals surface area contributed by atoms with Crippen molar-refractivity contribution in [2.24, 2.45) is 22.7 Å². The Morgan fingerprint density at radius 2 is 2.20 bits per heavy atom. The Morgan fingerprint density at radius 3 is 2.67 bits per heavy atom. The third-order valence-electron chi connectivity index (χ3n) is 3.68. The number of carbonyl (C=O) groups is 1. The molecule has 1 fully saturated rings. The van der Waals surface area contributed by atoms with Crippen LogP contribution >= 0.6 is 0 Å². The molecule has 1 heterocycles. The SMILES string of the molecule is CC1(C)N=C([C@H]2C[C@@H]3C=C[C@H]2C3)OC1=O. The molecule has 0 spiro atoms. The van der Waals surface area contributed by atoms with Gasteiger partial charge in [0.25, 0.3) is 0 Å². The van der Waals surface area contributed by atoms with Gasteiger partial charge in [0.2, 0.25) is 0 Å². The lowest BCUT2D eigenvalue weighted by atomic mass is 9.93. The molecule has 0 aromatic rings. The number of cyclic esters (lactones) is 1. The summed E-state index contributed by atoms with van der Waals surface area (Å²) in [4.78, 5) is 15.9. The molecule has 0 aromatic carbocycles. The normalized spacial score (nSPS) is 40.8. The van der Waals surface area contributed by atoms with Crippen LogP contribution in [0, 0.1) is 17.8 Å². The van der Waals surface area contributed by atoms with Crippen molar-refractivity contribution in [2.75, 3.05) is 0 Å². The third-order valence-corrected chi connectivity index (χ3v) is 3.68. The van der Waals surface area contributed by atoms with Gasteiger partial charge in [-0.25, -0.2) is 9.79 Å². The Balaban J connectivity index is 1.86. The molecule has 3 atom stereocenters. The monoisotopic (exact) mass is 205 g/mol. The Hall–Kier alpha value is -1.12. The summed E-state index contributed by atoms with van der Waals surface area (Å²) in [6, 6.07) is 0. The van der Waals surface area contributed by atoms with E-state index in [2.05, 4.69) is 17.1 Å². The molecule has 2 aliphatic carbocycles. The molecular formula is C12H15NO2. The number of esters is 1. The summed E-state index contributed by atoms with van der Waals surface area (Å²) in [5.74, 6) is 2.07. The summed E-state index contributed by atoms with van der Waals surface area (Å²) >= 11 is 0. The third kappa shape index (κ3) is 1.25. The number of carbonyl (C=O) groups excluding carboxylic acids is 1. The molecule has 1 saturated carbocycles. The summed E-state index contributed by atoms with van der Waals surface area (Å²) in [6.45, 7) is 3.62. The molecule has 3 rings (SSSR count). The van der Waals surface area contributed by atoms with E-state index in [9.17, 15) is 4.79 Å². The van der Waals surface area contributed by atoms with Gasteiger partial charge in [0.15, 0.2) is 11.4 Å². The van der Waals surface area contributed by atoms with Crippen LogP contribution in [-0.2, 0) is 9.53 Å². The first-order valence-corrected chi connectivity index (χ1v) is 5.56. The molecule has 0 amide bonds. The number of rotatable bonds is 1. The summed E-state index contributed by atoms with van der Waals surface area (Å²) in [7, 11) is 0. The lowest BCUT2D eigenvalue weighted by molar-refractivity contribution is -0.138. The number of ether oxygens (including phenoxy) is 1. The van der Waals surface area contributed by atoms with E-state index in [4.69, 9.17) is 4.74 Å². The van der Waals surface area contributed by atoms with E-state index in [1.165, 1.54) is 6.42 Å². The maximum absolute atomic E-state index is 11.5. The van der Waals surface area contributed by atoms with Gasteiger partial charge >= 0.3 is 5.97 Å². The number of fused-ring (bicyclic) bond motifs is 2. The fourth-order valence-electron chi connectivity index (χ4n) is 2.79. The second-order valence-corrected chi connectivity index (χ2v) is 5.29. The summed E-state index contributed by atoms with van der Waals surface area (Å²) < 4.78 is 5.29. The van der Waals surface area contributed by atoms with E-state index in [0.717, 1.165) is 6.42 Å². The van der Waals surface area contributed by atoms with Gasteiger partial charge in [0.05, 0.1) is 0 Å². The molecule has 3 nitrogen and oxygen atoms in total. The predicted octanol–water partition coefficient (Wildman–Crippen LogP) is 1.93. The Labute approximate surface area is 89.2 Å². The van der Waals surface area contributed by atoms with Crippen molar-refractivity contribution in [3.8, 4) is 0 Å². The van der Waals surface area contributed by atoms with Crippen LogP contribution in [0.3, 0.4) is 0 Å². The van der Waals surface area contributed by atoms with Crippen LogP contribution in [0.15, 0.2) is 17.1 Å². The Morgan fingerprint density at radius 1 is 1.40 bits per heavy atom. The summed E-state index contributed by atoms with van der Waals surface area (Å²) in [5.41, 5.74) is -0.666. The standard InChI is InChI=1S/C12H15NO2/c1-12(2)11(14)15-10(13-12)9-6-7-3-4-8(9)5-7/h3-4,7-9H,5-6H2,1-2H3/t7-,8+,9+/m1/s1. The van der Waals surface area contributed by atoms with Gasteiger partial charge in [-0.2, -0.15) is 0 Å². The highest BCUT2D eigenvalue weighted by atomic mass is 16.6. The fourth-order valence-corrected chi connectivity index (χ4v) is 2.79. The van der Waals surface area contributed by atoms with Crippen molar-refractivity contribution < 1.29 is 9.53 Å². The first-order valence-electron chi connectivity index (χ1n) is 5.56. The van der Waals surface area contributed by atoms with Gasteiger partial charge in [0.1, 0.15) is 0 Å². The van der Waals surface area contributed by atoms with Crippen molar-refractivity contribution in [3.63, 3.8) is 0 Å². The van der Waals surface area contributed by atoms with E-state index in [1.807, 2.05) is 13.8 Å². The topological polar surface area (TPSA) is 38.7 Å². The van der Waals surface area contributed by atoms with Crippen LogP contribution in [0.25, 0.3) is 0 Å². The smallest absolute Gasteiger partial charge is 0.340 e.